The third-order valence-electron chi connectivity index (χ3n) is 3.91. The van der Waals surface area contributed by atoms with Gasteiger partial charge in [-0.3, -0.25) is 4.90 Å². The Balaban J connectivity index is 1.65. The van der Waals surface area contributed by atoms with Crippen LogP contribution < -0.4 is 5.32 Å². The first-order valence-corrected chi connectivity index (χ1v) is 6.16. The van der Waals surface area contributed by atoms with Gasteiger partial charge in [-0.1, -0.05) is 6.07 Å². The van der Waals surface area contributed by atoms with Gasteiger partial charge in [0, 0.05) is 19.6 Å². The number of phenols is 2. The molecule has 2 saturated heterocycles. The van der Waals surface area contributed by atoms with Crippen molar-refractivity contribution < 1.29 is 10.2 Å². The van der Waals surface area contributed by atoms with Crippen LogP contribution in [0.2, 0.25) is 0 Å². The van der Waals surface area contributed by atoms with Crippen molar-refractivity contribution in [1.29, 1.82) is 0 Å². The Labute approximate surface area is 101 Å². The van der Waals surface area contributed by atoms with Crippen LogP contribution in [0.4, 0.5) is 0 Å². The summed E-state index contributed by atoms with van der Waals surface area (Å²) < 4.78 is 0. The van der Waals surface area contributed by atoms with Crippen molar-refractivity contribution in [3.63, 3.8) is 0 Å². The van der Waals surface area contributed by atoms with Crippen molar-refractivity contribution in [3.8, 4) is 11.5 Å². The number of likely N-dealkylation sites (tertiary alicyclic amines) is 1. The zero-order chi connectivity index (χ0) is 11.8. The van der Waals surface area contributed by atoms with E-state index in [0.717, 1.165) is 50.1 Å². The van der Waals surface area contributed by atoms with Gasteiger partial charge >= 0.3 is 0 Å². The minimum atomic E-state index is -0.0451. The Morgan fingerprint density at radius 2 is 1.82 bits per heavy atom. The maximum Gasteiger partial charge on any atom is 0.157 e. The summed E-state index contributed by atoms with van der Waals surface area (Å²) in [5.41, 5.74) is 1.06. The Morgan fingerprint density at radius 3 is 2.47 bits per heavy atom. The van der Waals surface area contributed by atoms with E-state index < -0.39 is 0 Å². The Bertz CT molecular complexity index is 410. The largest absolute Gasteiger partial charge is 0.504 e. The van der Waals surface area contributed by atoms with Gasteiger partial charge in [-0.2, -0.15) is 0 Å². The fourth-order valence-electron chi connectivity index (χ4n) is 3.01. The van der Waals surface area contributed by atoms with Crippen LogP contribution in [0.3, 0.4) is 0 Å². The third kappa shape index (κ3) is 2.10. The maximum absolute atomic E-state index is 9.46. The fraction of sp³-hybridized carbons (Fsp3) is 0.538. The van der Waals surface area contributed by atoms with E-state index >= 15 is 0 Å². The molecule has 0 bridgehead atoms. The average molecular weight is 234 g/mol. The van der Waals surface area contributed by atoms with Crippen molar-refractivity contribution in [3.05, 3.63) is 23.8 Å². The molecular weight excluding hydrogens is 216 g/mol. The number of hydrogen-bond donors (Lipinski definition) is 3. The molecule has 2 aliphatic rings. The third-order valence-corrected chi connectivity index (χ3v) is 3.91. The Morgan fingerprint density at radius 1 is 1.12 bits per heavy atom. The molecular formula is C13H18N2O2. The second kappa shape index (κ2) is 4.20. The van der Waals surface area contributed by atoms with Crippen LogP contribution >= 0.6 is 0 Å². The van der Waals surface area contributed by atoms with Crippen LogP contribution in [-0.2, 0) is 6.54 Å². The van der Waals surface area contributed by atoms with Gasteiger partial charge in [0.05, 0.1) is 0 Å². The van der Waals surface area contributed by atoms with Gasteiger partial charge in [0.25, 0.3) is 0 Å². The standard InChI is InChI=1S/C13H18N2O2/c16-12-2-1-9(3-13(12)17)6-15-7-10-4-14-5-11(10)8-15/h1-3,10-11,14,16-17H,4-8H2. The fourth-order valence-corrected chi connectivity index (χ4v) is 3.01. The number of nitrogens with one attached hydrogen (secondary N) is 1. The van der Waals surface area contributed by atoms with Gasteiger partial charge in [-0.05, 0) is 42.6 Å². The first-order chi connectivity index (χ1) is 8.22. The molecule has 1 aromatic rings. The van der Waals surface area contributed by atoms with E-state index in [1.807, 2.05) is 6.07 Å². The lowest BCUT2D eigenvalue weighted by Gasteiger charge is -2.17. The number of fused-ring (bicyclic) bond motifs is 1. The normalized spacial score (nSPS) is 28.5. The summed E-state index contributed by atoms with van der Waals surface area (Å²) in [6.45, 7) is 5.42. The lowest BCUT2D eigenvalue weighted by Crippen LogP contribution is -2.25. The molecule has 2 atom stereocenters. The predicted octanol–water partition coefficient (Wildman–Crippen LogP) is 0.749. The molecule has 92 valence electrons. The highest BCUT2D eigenvalue weighted by Crippen LogP contribution is 2.29. The summed E-state index contributed by atoms with van der Waals surface area (Å²) in [7, 11) is 0. The number of hydrogen-bond acceptors (Lipinski definition) is 4. The molecule has 0 spiro atoms. The molecule has 0 aliphatic carbocycles. The van der Waals surface area contributed by atoms with Crippen molar-refractivity contribution in [2.24, 2.45) is 11.8 Å². The number of nitrogens with zero attached hydrogens (tertiary/aromatic N) is 1. The number of benzene rings is 1. The van der Waals surface area contributed by atoms with E-state index in [9.17, 15) is 10.2 Å². The topological polar surface area (TPSA) is 55.7 Å². The van der Waals surface area contributed by atoms with E-state index in [0.29, 0.717) is 0 Å². The minimum absolute atomic E-state index is 0.0245. The molecule has 2 aliphatic heterocycles. The highest BCUT2D eigenvalue weighted by atomic mass is 16.3. The monoisotopic (exact) mass is 234 g/mol. The molecule has 0 amide bonds. The van der Waals surface area contributed by atoms with Crippen LogP contribution in [0.15, 0.2) is 18.2 Å². The average Bonchev–Trinajstić information content (AvgIpc) is 2.84. The predicted molar refractivity (Wildman–Crippen MR) is 64.9 cm³/mol. The van der Waals surface area contributed by atoms with E-state index in [1.54, 1.807) is 12.1 Å². The summed E-state index contributed by atoms with van der Waals surface area (Å²) in [6, 6.07) is 5.09. The molecule has 3 rings (SSSR count). The molecule has 0 radical (unpaired) electrons. The molecule has 3 N–H and O–H groups in total. The lowest BCUT2D eigenvalue weighted by molar-refractivity contribution is 0.304. The van der Waals surface area contributed by atoms with Crippen LogP contribution in [0, 0.1) is 11.8 Å². The van der Waals surface area contributed by atoms with Crippen LogP contribution in [-0.4, -0.2) is 41.3 Å². The zero-order valence-electron chi connectivity index (χ0n) is 9.76. The summed E-state index contributed by atoms with van der Waals surface area (Å²) in [5, 5.41) is 22.1. The molecule has 1 aromatic carbocycles. The number of phenolic OH excluding ortho intramolecular Hbond substituents is 2. The quantitative estimate of drug-likeness (QED) is 0.661. The molecule has 2 fully saturated rings. The highest BCUT2D eigenvalue weighted by molar-refractivity contribution is 5.40. The van der Waals surface area contributed by atoms with Gasteiger partial charge in [-0.15, -0.1) is 0 Å². The smallest absolute Gasteiger partial charge is 0.157 e. The second-order valence-corrected chi connectivity index (χ2v) is 5.20. The van der Waals surface area contributed by atoms with Crippen molar-refractivity contribution in [1.82, 2.24) is 10.2 Å². The van der Waals surface area contributed by atoms with E-state index in [-0.39, 0.29) is 11.5 Å². The van der Waals surface area contributed by atoms with E-state index in [2.05, 4.69) is 10.2 Å². The van der Waals surface area contributed by atoms with Gasteiger partial charge < -0.3 is 15.5 Å². The molecule has 0 aromatic heterocycles. The number of rotatable bonds is 2. The number of aromatic hydroxyl groups is 2. The van der Waals surface area contributed by atoms with Gasteiger partial charge in [-0.25, -0.2) is 0 Å². The van der Waals surface area contributed by atoms with E-state index in [1.165, 1.54) is 0 Å². The minimum Gasteiger partial charge on any atom is -0.504 e. The second-order valence-electron chi connectivity index (χ2n) is 5.20. The molecule has 4 heteroatoms. The molecule has 2 unspecified atom stereocenters. The SMILES string of the molecule is Oc1ccc(CN2CC3CNCC3C2)cc1O. The molecule has 0 saturated carbocycles. The first-order valence-electron chi connectivity index (χ1n) is 6.16. The maximum atomic E-state index is 9.46. The van der Waals surface area contributed by atoms with Crippen LogP contribution in [0.5, 0.6) is 11.5 Å². The van der Waals surface area contributed by atoms with Crippen molar-refractivity contribution in [2.75, 3.05) is 26.2 Å². The highest BCUT2D eigenvalue weighted by Gasteiger charge is 2.35. The van der Waals surface area contributed by atoms with Gasteiger partial charge in [0.1, 0.15) is 0 Å². The van der Waals surface area contributed by atoms with E-state index in [4.69, 9.17) is 0 Å². The van der Waals surface area contributed by atoms with Gasteiger partial charge in [0.15, 0.2) is 11.5 Å². The summed E-state index contributed by atoms with van der Waals surface area (Å²) in [4.78, 5) is 2.43. The first kappa shape index (κ1) is 10.9. The summed E-state index contributed by atoms with van der Waals surface area (Å²) in [6.07, 6.45) is 0. The Hall–Kier alpha value is -1.26. The van der Waals surface area contributed by atoms with Crippen LogP contribution in [0.1, 0.15) is 5.56 Å². The zero-order valence-corrected chi connectivity index (χ0v) is 9.76. The lowest BCUT2D eigenvalue weighted by atomic mass is 10.0. The van der Waals surface area contributed by atoms with Gasteiger partial charge in [0.2, 0.25) is 0 Å². The summed E-state index contributed by atoms with van der Waals surface area (Å²) in [5.74, 6) is 1.52. The molecule has 4 nitrogen and oxygen atoms in total. The summed E-state index contributed by atoms with van der Waals surface area (Å²) >= 11 is 0. The molecule has 17 heavy (non-hydrogen) atoms. The van der Waals surface area contributed by atoms with Crippen LogP contribution in [0.25, 0.3) is 0 Å². The van der Waals surface area contributed by atoms with Crippen molar-refractivity contribution >= 4 is 0 Å². The molecule has 2 heterocycles. The van der Waals surface area contributed by atoms with Crippen molar-refractivity contribution in [2.45, 2.75) is 6.54 Å². The Kier molecular flexibility index (Phi) is 2.68.